The molecule has 0 radical (unpaired) electrons. The van der Waals surface area contributed by atoms with E-state index >= 15 is 0 Å². The molecule has 1 N–H and O–H groups in total. The van der Waals surface area contributed by atoms with Crippen molar-refractivity contribution in [1.29, 1.82) is 0 Å². The summed E-state index contributed by atoms with van der Waals surface area (Å²) in [5.74, 6) is -0.0915. The Morgan fingerprint density at radius 1 is 0.923 bits per heavy atom. The number of anilines is 2. The van der Waals surface area contributed by atoms with Crippen molar-refractivity contribution in [2.24, 2.45) is 0 Å². The zero-order chi connectivity index (χ0) is 37.3. The Labute approximate surface area is 305 Å². The van der Waals surface area contributed by atoms with Crippen LogP contribution in [0.1, 0.15) is 79.8 Å². The summed E-state index contributed by atoms with van der Waals surface area (Å²) in [6, 6.07) is 25.1. The van der Waals surface area contributed by atoms with Gasteiger partial charge in [-0.25, -0.2) is 19.6 Å². The number of carbonyl (C=O) groups excluding carboxylic acids is 3. The molecule has 12 heteroatoms. The number of benzene rings is 3. The van der Waals surface area contributed by atoms with Crippen LogP contribution >= 0.6 is 0 Å². The summed E-state index contributed by atoms with van der Waals surface area (Å²) in [7, 11) is 0. The number of rotatable bonds is 14. The smallest absolute Gasteiger partial charge is 0.414 e. The van der Waals surface area contributed by atoms with Crippen LogP contribution in [0.3, 0.4) is 0 Å². The minimum Gasteiger partial charge on any atom is -0.478 e. The van der Waals surface area contributed by atoms with Gasteiger partial charge in [-0.2, -0.15) is 4.98 Å². The molecule has 5 rings (SSSR count). The van der Waals surface area contributed by atoms with Crippen LogP contribution in [-0.4, -0.2) is 64.2 Å². The van der Waals surface area contributed by atoms with Crippen molar-refractivity contribution in [3.8, 4) is 5.88 Å². The van der Waals surface area contributed by atoms with E-state index in [0.29, 0.717) is 54.4 Å². The quantitative estimate of drug-likeness (QED) is 0.0818. The third-order valence-corrected chi connectivity index (χ3v) is 8.18. The normalized spacial score (nSPS) is 15.2. The van der Waals surface area contributed by atoms with Gasteiger partial charge in [0.15, 0.2) is 0 Å². The van der Waals surface area contributed by atoms with Crippen molar-refractivity contribution in [3.63, 3.8) is 0 Å². The number of nitrogens with zero attached hydrogens (tertiary/aromatic N) is 4. The van der Waals surface area contributed by atoms with Gasteiger partial charge in [-0.1, -0.05) is 66.7 Å². The second kappa shape index (κ2) is 17.3. The van der Waals surface area contributed by atoms with Gasteiger partial charge in [-0.3, -0.25) is 14.9 Å². The number of ether oxygens (including phenoxy) is 2. The third-order valence-electron chi connectivity index (χ3n) is 8.18. The molecule has 274 valence electrons. The van der Waals surface area contributed by atoms with Gasteiger partial charge in [0.25, 0.3) is 11.8 Å². The third kappa shape index (κ3) is 9.92. The summed E-state index contributed by atoms with van der Waals surface area (Å²) in [6.07, 6.45) is 0.536. The van der Waals surface area contributed by atoms with Crippen LogP contribution < -0.4 is 15.0 Å². The minimum atomic E-state index is -0.895. The van der Waals surface area contributed by atoms with E-state index < -0.39 is 23.8 Å². The van der Waals surface area contributed by atoms with Gasteiger partial charge in [0.2, 0.25) is 11.8 Å². The van der Waals surface area contributed by atoms with Gasteiger partial charge < -0.3 is 19.3 Å². The molecule has 1 aromatic heterocycles. The Morgan fingerprint density at radius 2 is 1.63 bits per heavy atom. The minimum absolute atomic E-state index is 0.0821. The molecular formula is C40H47N5O7. The van der Waals surface area contributed by atoms with Crippen LogP contribution in [0.25, 0.3) is 0 Å². The first-order valence-electron chi connectivity index (χ1n) is 17.5. The molecule has 2 atom stereocenters. The van der Waals surface area contributed by atoms with Gasteiger partial charge in [0, 0.05) is 11.8 Å². The van der Waals surface area contributed by atoms with E-state index in [-0.39, 0.29) is 30.9 Å². The predicted octanol–water partition coefficient (Wildman–Crippen LogP) is 7.23. The molecule has 2 heterocycles. The number of aryl methyl sites for hydroxylation is 2. The molecule has 0 saturated carbocycles. The molecule has 52 heavy (non-hydrogen) atoms. The summed E-state index contributed by atoms with van der Waals surface area (Å²) < 4.78 is 11.2. The second-order valence-corrected chi connectivity index (χ2v) is 13.6. The molecule has 3 aromatic carbocycles. The standard InChI is InChI=1S/C40H47N5O7/c1-7-50-51-26-28(3)45-35(31-18-12-9-13-19-31)37(47)44(25-30-15-10-8-11-16-30)33-21-20-29(24-32(33)36(45)46)17-14-22-49-34-23-27(2)41-38(42-34)43-39(48)52-40(4,5)6/h8-13,15-16,18-21,23-24,28,35H,7,14,17,22,25-26H2,1-6H3,(H,41,42,43,48). The monoisotopic (exact) mass is 709 g/mol. The molecule has 2 unspecified atom stereocenters. The number of amides is 3. The summed E-state index contributed by atoms with van der Waals surface area (Å²) >= 11 is 0. The fraction of sp³-hybridized carbons (Fsp3) is 0.375. The van der Waals surface area contributed by atoms with Crippen molar-refractivity contribution in [1.82, 2.24) is 14.9 Å². The van der Waals surface area contributed by atoms with Crippen LogP contribution in [0.4, 0.5) is 16.4 Å². The molecular weight excluding hydrogens is 662 g/mol. The Balaban J connectivity index is 1.40. The Bertz CT molecular complexity index is 1830. The van der Waals surface area contributed by atoms with Gasteiger partial charge in [-0.15, -0.1) is 0 Å². The molecule has 0 fully saturated rings. The maximum atomic E-state index is 14.7. The van der Waals surface area contributed by atoms with E-state index in [9.17, 15) is 14.4 Å². The highest BCUT2D eigenvalue weighted by molar-refractivity contribution is 6.11. The average molecular weight is 710 g/mol. The lowest BCUT2D eigenvalue weighted by Crippen LogP contribution is -2.47. The largest absolute Gasteiger partial charge is 0.478 e. The van der Waals surface area contributed by atoms with E-state index in [2.05, 4.69) is 15.3 Å². The molecule has 1 aliphatic rings. The lowest BCUT2D eigenvalue weighted by Gasteiger charge is -2.35. The highest BCUT2D eigenvalue weighted by Crippen LogP contribution is 2.37. The van der Waals surface area contributed by atoms with Crippen molar-refractivity contribution >= 4 is 29.5 Å². The van der Waals surface area contributed by atoms with Gasteiger partial charge in [0.05, 0.1) is 37.1 Å². The number of nitrogens with one attached hydrogen (secondary N) is 1. The second-order valence-electron chi connectivity index (χ2n) is 13.6. The molecule has 4 aromatic rings. The van der Waals surface area contributed by atoms with E-state index in [1.165, 1.54) is 0 Å². The fourth-order valence-corrected chi connectivity index (χ4v) is 5.94. The van der Waals surface area contributed by atoms with Crippen molar-refractivity contribution in [2.45, 2.75) is 78.6 Å². The summed E-state index contributed by atoms with van der Waals surface area (Å²) in [5, 5.41) is 2.55. The number of aromatic nitrogens is 2. The lowest BCUT2D eigenvalue weighted by molar-refractivity contribution is -0.296. The summed E-state index contributed by atoms with van der Waals surface area (Å²) in [4.78, 5) is 64.1. The van der Waals surface area contributed by atoms with Crippen LogP contribution in [0.5, 0.6) is 5.88 Å². The number of hydrogen-bond acceptors (Lipinski definition) is 9. The van der Waals surface area contributed by atoms with Crippen molar-refractivity contribution in [3.05, 3.63) is 113 Å². The molecule has 0 spiro atoms. The highest BCUT2D eigenvalue weighted by Gasteiger charge is 2.42. The molecule has 0 saturated heterocycles. The average Bonchev–Trinajstić information content (AvgIpc) is 3.18. The highest BCUT2D eigenvalue weighted by atomic mass is 17.2. The van der Waals surface area contributed by atoms with E-state index in [1.807, 2.05) is 92.7 Å². The SMILES string of the molecule is CCOOCC(C)N1C(=O)c2cc(CCCOc3cc(C)nc(NC(=O)OC(C)(C)C)n3)ccc2N(Cc2ccccc2)C(=O)C1c1ccccc1. The van der Waals surface area contributed by atoms with Crippen molar-refractivity contribution < 1.29 is 33.6 Å². The molecule has 3 amide bonds. The van der Waals surface area contributed by atoms with Crippen LogP contribution in [0.15, 0.2) is 84.9 Å². The van der Waals surface area contributed by atoms with E-state index in [4.69, 9.17) is 19.2 Å². The van der Waals surface area contributed by atoms with E-state index in [1.54, 1.807) is 43.6 Å². The molecule has 0 bridgehead atoms. The summed E-state index contributed by atoms with van der Waals surface area (Å²) in [6.45, 7) is 11.8. The van der Waals surface area contributed by atoms with Crippen molar-refractivity contribution in [2.75, 3.05) is 30.0 Å². The zero-order valence-corrected chi connectivity index (χ0v) is 30.6. The zero-order valence-electron chi connectivity index (χ0n) is 30.6. The van der Waals surface area contributed by atoms with Crippen LogP contribution in [0, 0.1) is 6.92 Å². The van der Waals surface area contributed by atoms with Gasteiger partial charge in [-0.05, 0) is 83.2 Å². The predicted molar refractivity (Wildman–Crippen MR) is 197 cm³/mol. The molecule has 12 nitrogen and oxygen atoms in total. The number of carbonyl (C=O) groups is 3. The fourth-order valence-electron chi connectivity index (χ4n) is 5.94. The Kier molecular flexibility index (Phi) is 12.6. The van der Waals surface area contributed by atoms with Gasteiger partial charge in [0.1, 0.15) is 18.2 Å². The van der Waals surface area contributed by atoms with Crippen LogP contribution in [0.2, 0.25) is 0 Å². The van der Waals surface area contributed by atoms with Crippen LogP contribution in [-0.2, 0) is 32.3 Å². The molecule has 0 aliphatic carbocycles. The number of fused-ring (bicyclic) bond motifs is 1. The Hall–Kier alpha value is -5.33. The maximum Gasteiger partial charge on any atom is 0.414 e. The summed E-state index contributed by atoms with van der Waals surface area (Å²) in [5.41, 5.74) is 3.47. The van der Waals surface area contributed by atoms with Gasteiger partial charge >= 0.3 is 6.09 Å². The van der Waals surface area contributed by atoms with E-state index in [0.717, 1.165) is 11.1 Å². The first-order valence-corrected chi connectivity index (χ1v) is 17.5. The topological polar surface area (TPSA) is 132 Å². The number of hydrogen-bond donors (Lipinski definition) is 1. The Morgan fingerprint density at radius 3 is 2.33 bits per heavy atom. The first-order chi connectivity index (χ1) is 24.9. The first kappa shape index (κ1) is 37.9. The lowest BCUT2D eigenvalue weighted by atomic mass is 10.0. The maximum absolute atomic E-state index is 14.7. The molecule has 1 aliphatic heterocycles.